The van der Waals surface area contributed by atoms with Gasteiger partial charge in [-0.15, -0.1) is 0 Å². The Hall–Kier alpha value is -2.81. The van der Waals surface area contributed by atoms with Crippen LogP contribution in [0.15, 0.2) is 69.8 Å². The number of nitrogens with one attached hydrogen (secondary N) is 2. The van der Waals surface area contributed by atoms with E-state index in [0.717, 1.165) is 10.0 Å². The number of carbonyl (C=O) groups excluding carboxylic acids is 1. The van der Waals surface area contributed by atoms with Crippen molar-refractivity contribution in [1.82, 2.24) is 15.3 Å². The van der Waals surface area contributed by atoms with Crippen LogP contribution >= 0.6 is 39.7 Å². The summed E-state index contributed by atoms with van der Waals surface area (Å²) in [6, 6.07) is 13.8. The quantitative estimate of drug-likeness (QED) is 0.375. The van der Waals surface area contributed by atoms with Crippen LogP contribution in [0.1, 0.15) is 10.4 Å². The first kappa shape index (κ1) is 19.5. The fraction of sp³-hybridized carbons (Fsp3) is 0. The largest absolute Gasteiger partial charge is 0.436 e. The Morgan fingerprint density at radius 1 is 1.10 bits per heavy atom. The molecule has 2 aromatic heterocycles. The van der Waals surface area contributed by atoms with Gasteiger partial charge in [0.2, 0.25) is 5.89 Å². The number of rotatable bonds is 3. The molecule has 9 heteroatoms. The molecule has 0 aliphatic rings. The molecule has 144 valence electrons. The zero-order valence-electron chi connectivity index (χ0n) is 14.6. The number of hydrogen-bond acceptors (Lipinski definition) is 5. The highest BCUT2D eigenvalue weighted by atomic mass is 79.9. The fourth-order valence-corrected chi connectivity index (χ4v) is 3.30. The first-order valence-electron chi connectivity index (χ1n) is 8.37. The molecular weight excluding hydrogens is 476 g/mol. The molecule has 4 rings (SSSR count). The van der Waals surface area contributed by atoms with Crippen molar-refractivity contribution in [2.75, 3.05) is 5.32 Å². The Morgan fingerprint density at radius 3 is 2.66 bits per heavy atom. The van der Waals surface area contributed by atoms with Gasteiger partial charge in [-0.05, 0) is 76.7 Å². The van der Waals surface area contributed by atoms with Crippen LogP contribution in [0.2, 0.25) is 5.02 Å². The highest BCUT2D eigenvalue weighted by Gasteiger charge is 2.11. The third-order valence-corrected chi connectivity index (χ3v) is 4.82. The van der Waals surface area contributed by atoms with Gasteiger partial charge in [0.25, 0.3) is 5.91 Å². The zero-order chi connectivity index (χ0) is 20.4. The number of anilines is 1. The highest BCUT2D eigenvalue weighted by molar-refractivity contribution is 9.10. The molecule has 0 saturated heterocycles. The molecule has 0 spiro atoms. The number of thiocarbonyl (C=S) groups is 1. The number of hydrogen-bond donors (Lipinski definition) is 2. The summed E-state index contributed by atoms with van der Waals surface area (Å²) in [6.45, 7) is 0. The summed E-state index contributed by atoms with van der Waals surface area (Å²) in [5.74, 6) is 0.135. The Kier molecular flexibility index (Phi) is 5.57. The number of halogens is 2. The number of amides is 1. The maximum atomic E-state index is 12.2. The molecule has 4 aromatic rings. The standard InChI is InChI=1S/C20H12BrClN4O2S/c21-13-7-12(9-23-10-13)19-25-16-8-15(5-6-17(16)28-19)24-20(29)26-18(27)11-1-3-14(22)4-2-11/h1-10H,(H2,24,26,27,29). The summed E-state index contributed by atoms with van der Waals surface area (Å²) in [5, 5.41) is 6.33. The molecule has 2 aromatic carbocycles. The van der Waals surface area contributed by atoms with Crippen LogP contribution in [0, 0.1) is 0 Å². The second-order valence-corrected chi connectivity index (χ2v) is 7.77. The van der Waals surface area contributed by atoms with E-state index in [-0.39, 0.29) is 11.0 Å². The molecule has 1 amide bonds. The van der Waals surface area contributed by atoms with E-state index in [9.17, 15) is 4.79 Å². The van der Waals surface area contributed by atoms with Crippen molar-refractivity contribution in [2.45, 2.75) is 0 Å². The van der Waals surface area contributed by atoms with Crippen molar-refractivity contribution in [3.05, 3.63) is 76.0 Å². The van der Waals surface area contributed by atoms with Crippen molar-refractivity contribution >= 4 is 67.6 Å². The predicted octanol–water partition coefficient (Wildman–Crippen LogP) is 5.43. The smallest absolute Gasteiger partial charge is 0.257 e. The number of pyridine rings is 1. The minimum atomic E-state index is -0.328. The normalized spacial score (nSPS) is 10.7. The lowest BCUT2D eigenvalue weighted by atomic mass is 10.2. The van der Waals surface area contributed by atoms with E-state index < -0.39 is 0 Å². The minimum absolute atomic E-state index is 0.171. The second-order valence-electron chi connectivity index (χ2n) is 6.01. The van der Waals surface area contributed by atoms with Gasteiger partial charge < -0.3 is 9.73 Å². The van der Waals surface area contributed by atoms with Crippen molar-refractivity contribution in [1.29, 1.82) is 0 Å². The average molecular weight is 488 g/mol. The summed E-state index contributed by atoms with van der Waals surface area (Å²) in [5.41, 5.74) is 3.16. The molecule has 2 heterocycles. The van der Waals surface area contributed by atoms with Gasteiger partial charge in [0.1, 0.15) is 5.52 Å². The van der Waals surface area contributed by atoms with E-state index in [0.29, 0.717) is 33.3 Å². The molecule has 0 saturated carbocycles. The van der Waals surface area contributed by atoms with Crippen molar-refractivity contribution in [3.8, 4) is 11.5 Å². The number of oxazole rings is 1. The van der Waals surface area contributed by atoms with Crippen LogP contribution in [-0.4, -0.2) is 21.0 Å². The summed E-state index contributed by atoms with van der Waals surface area (Å²) in [6.07, 6.45) is 3.36. The SMILES string of the molecule is O=C(NC(=S)Nc1ccc2oc(-c3cncc(Br)c3)nc2c1)c1ccc(Cl)cc1. The molecule has 0 fully saturated rings. The third kappa shape index (κ3) is 4.61. The lowest BCUT2D eigenvalue weighted by Gasteiger charge is -2.09. The minimum Gasteiger partial charge on any atom is -0.436 e. The fourth-order valence-electron chi connectivity index (χ4n) is 2.60. The highest BCUT2D eigenvalue weighted by Crippen LogP contribution is 2.27. The van der Waals surface area contributed by atoms with Crippen molar-refractivity contribution in [3.63, 3.8) is 0 Å². The molecule has 6 nitrogen and oxygen atoms in total. The molecule has 0 aliphatic heterocycles. The molecule has 0 unspecified atom stereocenters. The molecule has 0 bridgehead atoms. The lowest BCUT2D eigenvalue weighted by Crippen LogP contribution is -2.34. The molecular formula is C20H12BrClN4O2S. The average Bonchev–Trinajstić information content (AvgIpc) is 3.12. The zero-order valence-corrected chi connectivity index (χ0v) is 17.8. The Labute approximate surface area is 184 Å². The number of nitrogens with zero attached hydrogens (tertiary/aromatic N) is 2. The van der Waals surface area contributed by atoms with Crippen molar-refractivity contribution in [2.24, 2.45) is 0 Å². The van der Waals surface area contributed by atoms with Crippen LogP contribution in [-0.2, 0) is 0 Å². The van der Waals surface area contributed by atoms with Crippen LogP contribution in [0.5, 0.6) is 0 Å². The van der Waals surface area contributed by atoms with Crippen LogP contribution in [0.3, 0.4) is 0 Å². The lowest BCUT2D eigenvalue weighted by molar-refractivity contribution is 0.0977. The van der Waals surface area contributed by atoms with E-state index in [1.807, 2.05) is 6.07 Å². The van der Waals surface area contributed by atoms with Crippen LogP contribution in [0.25, 0.3) is 22.6 Å². The van der Waals surface area contributed by atoms with Crippen LogP contribution in [0.4, 0.5) is 5.69 Å². The number of carbonyl (C=O) groups is 1. The molecule has 0 radical (unpaired) electrons. The maximum absolute atomic E-state index is 12.2. The van der Waals surface area contributed by atoms with Gasteiger partial charge in [0, 0.05) is 33.1 Å². The van der Waals surface area contributed by atoms with Gasteiger partial charge >= 0.3 is 0 Å². The summed E-state index contributed by atoms with van der Waals surface area (Å²) in [4.78, 5) is 20.9. The first-order valence-corrected chi connectivity index (χ1v) is 9.95. The Balaban J connectivity index is 1.48. The van der Waals surface area contributed by atoms with E-state index in [2.05, 4.69) is 36.5 Å². The van der Waals surface area contributed by atoms with Gasteiger partial charge in [0.15, 0.2) is 10.7 Å². The number of aromatic nitrogens is 2. The van der Waals surface area contributed by atoms with Gasteiger partial charge in [-0.25, -0.2) is 4.98 Å². The number of benzene rings is 2. The summed E-state index contributed by atoms with van der Waals surface area (Å²) >= 11 is 14.5. The van der Waals surface area contributed by atoms with Gasteiger partial charge in [0.05, 0.1) is 5.56 Å². The topological polar surface area (TPSA) is 80.0 Å². The molecule has 2 N–H and O–H groups in total. The van der Waals surface area contributed by atoms with E-state index in [1.165, 1.54) is 0 Å². The molecule has 0 aliphatic carbocycles. The summed E-state index contributed by atoms with van der Waals surface area (Å²) in [7, 11) is 0. The Morgan fingerprint density at radius 2 is 1.90 bits per heavy atom. The monoisotopic (exact) mass is 486 g/mol. The van der Waals surface area contributed by atoms with Gasteiger partial charge in [-0.1, -0.05) is 11.6 Å². The van der Waals surface area contributed by atoms with Crippen molar-refractivity contribution < 1.29 is 9.21 Å². The molecule has 29 heavy (non-hydrogen) atoms. The third-order valence-electron chi connectivity index (χ3n) is 3.93. The molecule has 0 atom stereocenters. The first-order chi connectivity index (χ1) is 14.0. The van der Waals surface area contributed by atoms with E-state index in [1.54, 1.807) is 54.9 Å². The van der Waals surface area contributed by atoms with Crippen LogP contribution < -0.4 is 10.6 Å². The van der Waals surface area contributed by atoms with Gasteiger partial charge in [-0.3, -0.25) is 15.1 Å². The maximum Gasteiger partial charge on any atom is 0.257 e. The van der Waals surface area contributed by atoms with Gasteiger partial charge in [-0.2, -0.15) is 0 Å². The second kappa shape index (κ2) is 8.28. The van der Waals surface area contributed by atoms with E-state index >= 15 is 0 Å². The Bertz CT molecular complexity index is 1230. The summed E-state index contributed by atoms with van der Waals surface area (Å²) < 4.78 is 6.62. The van der Waals surface area contributed by atoms with E-state index in [4.69, 9.17) is 28.2 Å². The number of fused-ring (bicyclic) bond motifs is 1. The predicted molar refractivity (Wildman–Crippen MR) is 120 cm³/mol.